The first-order chi connectivity index (χ1) is 11.9. The number of nitrogens with zero attached hydrogens (tertiary/aromatic N) is 1. The fraction of sp³-hybridized carbons (Fsp3) is 0.188. The molecule has 2 aromatic carbocycles. The Morgan fingerprint density at radius 1 is 1.20 bits per heavy atom. The molecule has 0 spiro atoms. The van der Waals surface area contributed by atoms with Crippen molar-refractivity contribution < 1.29 is 21.9 Å². The maximum Gasteiger partial charge on any atom is 0.287 e. The minimum Gasteiger partial charge on any atom is -0.383 e. The summed E-state index contributed by atoms with van der Waals surface area (Å²) in [5.41, 5.74) is 0.318. The SMILES string of the molecule is COCCNC1=NS(=O)(=O)c2cccc(-c3cc(F)ccc3F)c2N1. The number of ether oxygens (including phenoxy) is 1. The number of para-hydroxylation sites is 1. The predicted octanol–water partition coefficient (Wildman–Crippen LogP) is 2.34. The number of nitrogens with one attached hydrogen (secondary N) is 2. The van der Waals surface area contributed by atoms with Crippen molar-refractivity contribution in [3.63, 3.8) is 0 Å². The normalized spacial score (nSPS) is 15.1. The second-order valence-electron chi connectivity index (χ2n) is 5.26. The van der Waals surface area contributed by atoms with Gasteiger partial charge in [-0.3, -0.25) is 0 Å². The van der Waals surface area contributed by atoms with E-state index in [0.717, 1.165) is 18.2 Å². The van der Waals surface area contributed by atoms with Crippen molar-refractivity contribution in [2.45, 2.75) is 4.90 Å². The van der Waals surface area contributed by atoms with Crippen molar-refractivity contribution in [2.24, 2.45) is 4.40 Å². The third-order valence-corrected chi connectivity index (χ3v) is 4.90. The number of fused-ring (bicyclic) bond motifs is 1. The van der Waals surface area contributed by atoms with Crippen molar-refractivity contribution >= 4 is 21.7 Å². The summed E-state index contributed by atoms with van der Waals surface area (Å²) in [6.45, 7) is 0.664. The quantitative estimate of drug-likeness (QED) is 0.811. The molecule has 1 aliphatic heterocycles. The summed E-state index contributed by atoms with van der Waals surface area (Å²) in [5, 5.41) is 5.63. The van der Waals surface area contributed by atoms with Gasteiger partial charge in [-0.15, -0.1) is 4.40 Å². The summed E-state index contributed by atoms with van der Waals surface area (Å²) in [6.07, 6.45) is 0. The molecule has 0 saturated carbocycles. The van der Waals surface area contributed by atoms with Gasteiger partial charge in [-0.05, 0) is 24.3 Å². The molecular weight excluding hydrogens is 352 g/mol. The van der Waals surface area contributed by atoms with Gasteiger partial charge in [0, 0.05) is 24.8 Å². The van der Waals surface area contributed by atoms with Crippen LogP contribution in [0, 0.1) is 11.6 Å². The zero-order chi connectivity index (χ0) is 18.0. The first kappa shape index (κ1) is 17.3. The Kier molecular flexibility index (Phi) is 4.69. The second kappa shape index (κ2) is 6.77. The van der Waals surface area contributed by atoms with E-state index in [1.165, 1.54) is 25.3 Å². The minimum absolute atomic E-state index is 0.00573. The topological polar surface area (TPSA) is 79.8 Å². The van der Waals surface area contributed by atoms with Gasteiger partial charge in [-0.1, -0.05) is 12.1 Å². The molecule has 0 aromatic heterocycles. The fourth-order valence-electron chi connectivity index (χ4n) is 2.46. The molecule has 9 heteroatoms. The van der Waals surface area contributed by atoms with E-state index in [2.05, 4.69) is 15.0 Å². The van der Waals surface area contributed by atoms with Crippen LogP contribution in [0.1, 0.15) is 0 Å². The number of benzene rings is 2. The van der Waals surface area contributed by atoms with Gasteiger partial charge < -0.3 is 15.4 Å². The van der Waals surface area contributed by atoms with Gasteiger partial charge in [-0.2, -0.15) is 8.42 Å². The molecule has 25 heavy (non-hydrogen) atoms. The third kappa shape index (κ3) is 3.47. The summed E-state index contributed by atoms with van der Waals surface area (Å²) in [4.78, 5) is -0.106. The molecule has 0 radical (unpaired) electrons. The number of sulfonamides is 1. The number of rotatable bonds is 4. The molecule has 3 rings (SSSR count). The molecule has 0 fully saturated rings. The zero-order valence-corrected chi connectivity index (χ0v) is 14.0. The number of hydrogen-bond donors (Lipinski definition) is 2. The van der Waals surface area contributed by atoms with Gasteiger partial charge in [0.25, 0.3) is 10.0 Å². The highest BCUT2D eigenvalue weighted by molar-refractivity contribution is 7.90. The van der Waals surface area contributed by atoms with Gasteiger partial charge in [0.15, 0.2) is 0 Å². The monoisotopic (exact) mass is 367 g/mol. The third-order valence-electron chi connectivity index (χ3n) is 3.58. The summed E-state index contributed by atoms with van der Waals surface area (Å²) < 4.78 is 61.0. The molecule has 6 nitrogen and oxygen atoms in total. The number of hydrogen-bond acceptors (Lipinski definition) is 5. The standard InChI is InChI=1S/C16H15F2N3O3S/c1-24-8-7-19-16-20-15-11(12-9-10(17)5-6-13(12)18)3-2-4-14(15)25(22,23)21-16/h2-6,9H,7-8H2,1H3,(H2,19,20,21). The summed E-state index contributed by atoms with van der Waals surface area (Å²) in [7, 11) is -2.47. The molecular formula is C16H15F2N3O3S. The molecule has 0 aliphatic carbocycles. The molecule has 1 aliphatic rings. The van der Waals surface area contributed by atoms with Crippen molar-refractivity contribution in [2.75, 3.05) is 25.6 Å². The van der Waals surface area contributed by atoms with Crippen LogP contribution in [0.25, 0.3) is 11.1 Å². The lowest BCUT2D eigenvalue weighted by Gasteiger charge is -2.22. The van der Waals surface area contributed by atoms with Crippen LogP contribution in [0.4, 0.5) is 14.5 Å². The lowest BCUT2D eigenvalue weighted by Crippen LogP contribution is -2.36. The molecule has 132 valence electrons. The van der Waals surface area contributed by atoms with Gasteiger partial charge >= 0.3 is 0 Å². The van der Waals surface area contributed by atoms with Crippen LogP contribution >= 0.6 is 0 Å². The Hall–Kier alpha value is -2.52. The van der Waals surface area contributed by atoms with Crippen LogP contribution in [0.15, 0.2) is 45.7 Å². The van der Waals surface area contributed by atoms with Gasteiger partial charge in [0.05, 0.1) is 12.3 Å². The van der Waals surface area contributed by atoms with Crippen LogP contribution < -0.4 is 10.6 Å². The molecule has 0 bridgehead atoms. The van der Waals surface area contributed by atoms with Gasteiger partial charge in [-0.25, -0.2) is 8.78 Å². The van der Waals surface area contributed by atoms with Crippen LogP contribution in [-0.2, 0) is 14.8 Å². The highest BCUT2D eigenvalue weighted by Gasteiger charge is 2.28. The van der Waals surface area contributed by atoms with E-state index in [1.807, 2.05) is 0 Å². The lowest BCUT2D eigenvalue weighted by atomic mass is 10.0. The van der Waals surface area contributed by atoms with E-state index in [4.69, 9.17) is 4.74 Å². The van der Waals surface area contributed by atoms with Crippen LogP contribution in [-0.4, -0.2) is 34.6 Å². The molecule has 2 aromatic rings. The zero-order valence-electron chi connectivity index (χ0n) is 13.2. The maximum atomic E-state index is 14.2. The van der Waals surface area contributed by atoms with E-state index in [-0.39, 0.29) is 27.7 Å². The predicted molar refractivity (Wildman–Crippen MR) is 89.9 cm³/mol. The smallest absolute Gasteiger partial charge is 0.287 e. The van der Waals surface area contributed by atoms with Crippen molar-refractivity contribution in [3.8, 4) is 11.1 Å². The molecule has 1 heterocycles. The number of guanidine groups is 1. The average Bonchev–Trinajstić information content (AvgIpc) is 2.56. The molecule has 0 atom stereocenters. The average molecular weight is 367 g/mol. The molecule has 0 saturated heterocycles. The summed E-state index contributed by atoms with van der Waals surface area (Å²) in [6, 6.07) is 7.33. The van der Waals surface area contributed by atoms with E-state index in [0.29, 0.717) is 13.2 Å². The number of anilines is 1. The highest BCUT2D eigenvalue weighted by Crippen LogP contribution is 2.37. The van der Waals surface area contributed by atoms with Crippen LogP contribution in [0.2, 0.25) is 0 Å². The van der Waals surface area contributed by atoms with Gasteiger partial charge in [0.1, 0.15) is 16.5 Å². The van der Waals surface area contributed by atoms with E-state index in [1.54, 1.807) is 0 Å². The molecule has 2 N–H and O–H groups in total. The largest absolute Gasteiger partial charge is 0.383 e. The number of halogens is 2. The first-order valence-corrected chi connectivity index (χ1v) is 8.79. The molecule has 0 unspecified atom stereocenters. The number of methoxy groups -OCH3 is 1. The van der Waals surface area contributed by atoms with Crippen LogP contribution in [0.5, 0.6) is 0 Å². The Morgan fingerprint density at radius 3 is 2.76 bits per heavy atom. The van der Waals surface area contributed by atoms with Crippen LogP contribution in [0.3, 0.4) is 0 Å². The summed E-state index contributed by atoms with van der Waals surface area (Å²) in [5.74, 6) is -1.29. The highest BCUT2D eigenvalue weighted by atomic mass is 32.2. The first-order valence-electron chi connectivity index (χ1n) is 7.35. The Balaban J connectivity index is 2.09. The van der Waals surface area contributed by atoms with E-state index < -0.39 is 21.7 Å². The van der Waals surface area contributed by atoms with Crippen molar-refractivity contribution in [1.29, 1.82) is 0 Å². The Labute approximate surface area is 143 Å². The lowest BCUT2D eigenvalue weighted by molar-refractivity contribution is 0.204. The Morgan fingerprint density at radius 2 is 2.00 bits per heavy atom. The minimum atomic E-state index is -3.98. The maximum absolute atomic E-state index is 14.2. The van der Waals surface area contributed by atoms with Crippen molar-refractivity contribution in [1.82, 2.24) is 5.32 Å². The van der Waals surface area contributed by atoms with E-state index in [9.17, 15) is 17.2 Å². The van der Waals surface area contributed by atoms with E-state index >= 15 is 0 Å². The Bertz CT molecular complexity index is 946. The second-order valence-corrected chi connectivity index (χ2v) is 6.83. The summed E-state index contributed by atoms with van der Waals surface area (Å²) >= 11 is 0. The fourth-order valence-corrected chi connectivity index (χ4v) is 3.58. The van der Waals surface area contributed by atoms with Crippen molar-refractivity contribution in [3.05, 3.63) is 48.0 Å². The van der Waals surface area contributed by atoms with Gasteiger partial charge in [0.2, 0.25) is 5.96 Å². The molecule has 0 amide bonds.